The van der Waals surface area contributed by atoms with Crippen LogP contribution in [0.25, 0.3) is 10.9 Å². The number of benzene rings is 1. The Morgan fingerprint density at radius 3 is 2.56 bits per heavy atom. The summed E-state index contributed by atoms with van der Waals surface area (Å²) in [5.41, 5.74) is 2.52. The lowest BCUT2D eigenvalue weighted by Gasteiger charge is -2.33. The van der Waals surface area contributed by atoms with Crippen molar-refractivity contribution in [3.05, 3.63) is 47.5 Å². The molecule has 32 heavy (non-hydrogen) atoms. The Hall–Kier alpha value is -3.66. The van der Waals surface area contributed by atoms with Crippen LogP contribution >= 0.6 is 0 Å². The highest BCUT2D eigenvalue weighted by Gasteiger charge is 2.19. The predicted molar refractivity (Wildman–Crippen MR) is 121 cm³/mol. The van der Waals surface area contributed by atoms with Crippen molar-refractivity contribution in [2.45, 2.75) is 13.8 Å². The molecule has 1 aliphatic heterocycles. The highest BCUT2D eigenvalue weighted by atomic mass is 19.1. The van der Waals surface area contributed by atoms with Gasteiger partial charge in [-0.15, -0.1) is 0 Å². The monoisotopic (exact) mass is 436 g/mol. The van der Waals surface area contributed by atoms with Gasteiger partial charge in [0.1, 0.15) is 11.6 Å². The molecule has 1 saturated heterocycles. The van der Waals surface area contributed by atoms with E-state index in [1.807, 2.05) is 26.0 Å². The number of hydrogen-bond acceptors (Lipinski definition) is 7. The lowest BCUT2D eigenvalue weighted by Crippen LogP contribution is -2.44. The maximum atomic E-state index is 15.1. The van der Waals surface area contributed by atoms with Crippen molar-refractivity contribution >= 4 is 28.4 Å². The van der Waals surface area contributed by atoms with Gasteiger partial charge >= 0.3 is 6.01 Å². The van der Waals surface area contributed by atoms with Gasteiger partial charge in [-0.25, -0.2) is 4.39 Å². The van der Waals surface area contributed by atoms with Gasteiger partial charge in [0, 0.05) is 60.6 Å². The maximum absolute atomic E-state index is 15.1. The Balaban J connectivity index is 1.49. The minimum Gasteiger partial charge on any atom is -0.421 e. The van der Waals surface area contributed by atoms with Gasteiger partial charge in [0.05, 0.1) is 0 Å². The molecule has 0 saturated carbocycles. The number of nitrogens with one attached hydrogen (secondary N) is 3. The number of aromatic amines is 2. The SMILES string of the molecule is Cc1cc(Nc2cc(N3CCN(C)CC3)nc(Oc3ccc4[nH]c(C)cc4c3F)n2)n[nH]1. The minimum absolute atomic E-state index is 0.0710. The molecule has 0 spiro atoms. The van der Waals surface area contributed by atoms with Crippen molar-refractivity contribution in [3.8, 4) is 11.8 Å². The summed E-state index contributed by atoms with van der Waals surface area (Å²) >= 11 is 0. The van der Waals surface area contributed by atoms with Gasteiger partial charge < -0.3 is 24.8 Å². The number of piperazine rings is 1. The third-order valence-corrected chi connectivity index (χ3v) is 5.52. The second-order valence-electron chi connectivity index (χ2n) is 8.14. The smallest absolute Gasteiger partial charge is 0.326 e. The first-order valence-electron chi connectivity index (χ1n) is 10.5. The molecule has 1 aromatic carbocycles. The van der Waals surface area contributed by atoms with Crippen LogP contribution < -0.4 is 15.0 Å². The Bertz CT molecular complexity index is 1260. The average molecular weight is 436 g/mol. The number of aromatic nitrogens is 5. The second-order valence-corrected chi connectivity index (χ2v) is 8.14. The molecule has 9 nitrogen and oxygen atoms in total. The van der Waals surface area contributed by atoms with Gasteiger partial charge in [-0.05, 0) is 39.1 Å². The number of ether oxygens (including phenoxy) is 1. The Morgan fingerprint density at radius 2 is 1.81 bits per heavy atom. The standard InChI is InChI=1S/C22H25FN8O/c1-13-10-15-16(24-13)4-5-17(21(15)23)32-22-26-18(25-19-11-14(2)28-29-19)12-20(27-22)31-8-6-30(3)7-9-31/h4-5,10-12,24H,6-9H2,1-3H3,(H2,25,26,27,28,29). The zero-order valence-electron chi connectivity index (χ0n) is 18.2. The Kier molecular flexibility index (Phi) is 5.14. The summed E-state index contributed by atoms with van der Waals surface area (Å²) in [6.45, 7) is 7.33. The number of fused-ring (bicyclic) bond motifs is 1. The summed E-state index contributed by atoms with van der Waals surface area (Å²) in [5.74, 6) is 1.50. The van der Waals surface area contributed by atoms with Gasteiger partial charge in [-0.1, -0.05) is 0 Å². The van der Waals surface area contributed by atoms with Crippen LogP contribution in [-0.2, 0) is 0 Å². The van der Waals surface area contributed by atoms with Crippen molar-refractivity contribution in [3.63, 3.8) is 0 Å². The molecule has 0 atom stereocenters. The summed E-state index contributed by atoms with van der Waals surface area (Å²) in [4.78, 5) is 16.6. The average Bonchev–Trinajstić information content (AvgIpc) is 3.35. The molecule has 166 valence electrons. The summed E-state index contributed by atoms with van der Waals surface area (Å²) < 4.78 is 20.9. The molecule has 1 fully saturated rings. The molecular formula is C22H25FN8O. The molecular weight excluding hydrogens is 411 g/mol. The van der Waals surface area contributed by atoms with Gasteiger partial charge in [0.15, 0.2) is 17.4 Å². The van der Waals surface area contributed by atoms with E-state index in [1.165, 1.54) is 0 Å². The fourth-order valence-electron chi connectivity index (χ4n) is 3.80. The van der Waals surface area contributed by atoms with E-state index in [9.17, 15) is 0 Å². The van der Waals surface area contributed by atoms with Crippen molar-refractivity contribution in [2.24, 2.45) is 0 Å². The molecule has 0 radical (unpaired) electrons. The first kappa shape index (κ1) is 20.3. The van der Waals surface area contributed by atoms with E-state index in [0.717, 1.165) is 48.9 Å². The van der Waals surface area contributed by atoms with Gasteiger partial charge in [0.25, 0.3) is 0 Å². The third kappa shape index (κ3) is 4.09. The number of H-pyrrole nitrogens is 2. The van der Waals surface area contributed by atoms with Gasteiger partial charge in [-0.2, -0.15) is 15.1 Å². The van der Waals surface area contributed by atoms with E-state index < -0.39 is 5.82 Å². The zero-order chi connectivity index (χ0) is 22.2. The molecule has 4 heterocycles. The number of halogens is 1. The highest BCUT2D eigenvalue weighted by Crippen LogP contribution is 2.31. The van der Waals surface area contributed by atoms with Gasteiger partial charge in [-0.3, -0.25) is 5.10 Å². The van der Waals surface area contributed by atoms with Crippen molar-refractivity contribution in [1.82, 2.24) is 30.0 Å². The first-order chi connectivity index (χ1) is 15.4. The number of rotatable bonds is 5. The summed E-state index contributed by atoms with van der Waals surface area (Å²) in [6, 6.07) is 8.94. The molecule has 0 aliphatic carbocycles. The van der Waals surface area contributed by atoms with Crippen LogP contribution in [0.4, 0.5) is 21.8 Å². The van der Waals surface area contributed by atoms with Crippen LogP contribution in [0.15, 0.2) is 30.3 Å². The highest BCUT2D eigenvalue weighted by molar-refractivity contribution is 5.82. The zero-order valence-corrected chi connectivity index (χ0v) is 18.2. The molecule has 0 amide bonds. The van der Waals surface area contributed by atoms with Crippen molar-refractivity contribution in [1.29, 1.82) is 0 Å². The number of hydrogen-bond donors (Lipinski definition) is 3. The number of likely N-dealkylation sites (N-methyl/N-ethyl adjacent to an activating group) is 1. The van der Waals surface area contributed by atoms with E-state index in [1.54, 1.807) is 18.2 Å². The molecule has 3 aromatic heterocycles. The quantitative estimate of drug-likeness (QED) is 0.439. The second kappa shape index (κ2) is 8.12. The lowest BCUT2D eigenvalue weighted by atomic mass is 10.2. The molecule has 0 unspecified atom stereocenters. The molecule has 10 heteroatoms. The van der Waals surface area contributed by atoms with Crippen molar-refractivity contribution in [2.75, 3.05) is 43.4 Å². The maximum Gasteiger partial charge on any atom is 0.326 e. The number of anilines is 3. The van der Waals surface area contributed by atoms with Crippen LogP contribution in [0.3, 0.4) is 0 Å². The predicted octanol–water partition coefficient (Wildman–Crippen LogP) is 3.72. The van der Waals surface area contributed by atoms with E-state index >= 15 is 4.39 Å². The normalized spacial score (nSPS) is 14.8. The number of aryl methyl sites for hydroxylation is 2. The molecule has 4 aromatic rings. The van der Waals surface area contributed by atoms with Crippen LogP contribution in [0.2, 0.25) is 0 Å². The third-order valence-electron chi connectivity index (χ3n) is 5.52. The van der Waals surface area contributed by atoms with Crippen LogP contribution in [0.1, 0.15) is 11.4 Å². The molecule has 3 N–H and O–H groups in total. The van der Waals surface area contributed by atoms with E-state index in [4.69, 9.17) is 4.74 Å². The summed E-state index contributed by atoms with van der Waals surface area (Å²) in [7, 11) is 2.10. The van der Waals surface area contributed by atoms with Gasteiger partial charge in [0.2, 0.25) is 0 Å². The van der Waals surface area contributed by atoms with E-state index in [-0.39, 0.29) is 11.8 Å². The van der Waals surface area contributed by atoms with Crippen LogP contribution in [-0.4, -0.2) is 63.3 Å². The van der Waals surface area contributed by atoms with Crippen LogP contribution in [0.5, 0.6) is 11.8 Å². The van der Waals surface area contributed by atoms with Crippen LogP contribution in [0, 0.1) is 19.7 Å². The minimum atomic E-state index is -0.446. The Labute approximate surface area is 184 Å². The van der Waals surface area contributed by atoms with E-state index in [0.29, 0.717) is 17.0 Å². The fourth-order valence-corrected chi connectivity index (χ4v) is 3.80. The summed E-state index contributed by atoms with van der Waals surface area (Å²) in [5, 5.41) is 10.8. The largest absolute Gasteiger partial charge is 0.421 e. The lowest BCUT2D eigenvalue weighted by molar-refractivity contribution is 0.311. The van der Waals surface area contributed by atoms with E-state index in [2.05, 4.69) is 47.3 Å². The topological polar surface area (TPSA) is 98.0 Å². The summed E-state index contributed by atoms with van der Waals surface area (Å²) in [6.07, 6.45) is 0. The first-order valence-corrected chi connectivity index (χ1v) is 10.5. The molecule has 1 aliphatic rings. The Morgan fingerprint density at radius 1 is 1.00 bits per heavy atom. The molecule has 0 bridgehead atoms. The molecule has 5 rings (SSSR count). The van der Waals surface area contributed by atoms with Crippen molar-refractivity contribution < 1.29 is 9.13 Å². The number of nitrogens with zero attached hydrogens (tertiary/aromatic N) is 5. The fraction of sp³-hybridized carbons (Fsp3) is 0.318.